The molecule has 1 fully saturated rings. The van der Waals surface area contributed by atoms with E-state index in [0.717, 1.165) is 9.75 Å². The molecule has 7 heteroatoms. The minimum atomic E-state index is -3.57. The van der Waals surface area contributed by atoms with Gasteiger partial charge >= 0.3 is 5.97 Å². The summed E-state index contributed by atoms with van der Waals surface area (Å²) in [5, 5.41) is 9.08. The fourth-order valence-electron chi connectivity index (χ4n) is 2.44. The molecule has 2 heterocycles. The summed E-state index contributed by atoms with van der Waals surface area (Å²) in [4.78, 5) is 13.1. The number of nitrogens with zero attached hydrogens (tertiary/aromatic N) is 1. The van der Waals surface area contributed by atoms with Gasteiger partial charge in [0.05, 0.1) is 10.8 Å². The van der Waals surface area contributed by atoms with Gasteiger partial charge in [-0.25, -0.2) is 8.42 Å². The van der Waals surface area contributed by atoms with E-state index in [0.29, 0.717) is 4.90 Å². The van der Waals surface area contributed by atoms with Crippen LogP contribution < -0.4 is 0 Å². The molecule has 0 unspecified atom stereocenters. The lowest BCUT2D eigenvalue weighted by Gasteiger charge is -2.15. The van der Waals surface area contributed by atoms with Crippen molar-refractivity contribution < 1.29 is 18.3 Å². The van der Waals surface area contributed by atoms with Crippen LogP contribution in [0.5, 0.6) is 0 Å². The molecular weight excluding hydrogens is 286 g/mol. The molecule has 1 aromatic rings. The van der Waals surface area contributed by atoms with Crippen LogP contribution in [-0.4, -0.2) is 36.9 Å². The highest BCUT2D eigenvalue weighted by Crippen LogP contribution is 2.32. The van der Waals surface area contributed by atoms with Crippen molar-refractivity contribution in [2.24, 2.45) is 11.8 Å². The largest absolute Gasteiger partial charge is 0.481 e. The second kappa shape index (κ2) is 4.88. The Balaban J connectivity index is 2.32. The molecule has 1 saturated heterocycles. The van der Waals surface area contributed by atoms with Crippen molar-refractivity contribution in [3.8, 4) is 0 Å². The number of thiophene rings is 1. The molecule has 5 nitrogen and oxygen atoms in total. The van der Waals surface area contributed by atoms with Gasteiger partial charge in [0.1, 0.15) is 0 Å². The van der Waals surface area contributed by atoms with Crippen LogP contribution in [0.15, 0.2) is 11.0 Å². The minimum Gasteiger partial charge on any atom is -0.481 e. The third kappa shape index (κ3) is 2.54. The number of carboxylic acid groups (broad SMARTS) is 1. The normalized spacial score (nSPS) is 24.8. The Labute approximate surface area is 116 Å². The molecule has 0 radical (unpaired) electrons. The lowest BCUT2D eigenvalue weighted by atomic mass is 9.99. The number of hydrogen-bond donors (Lipinski definition) is 1. The van der Waals surface area contributed by atoms with Gasteiger partial charge in [0.25, 0.3) is 0 Å². The molecule has 1 aliphatic rings. The number of rotatable bonds is 3. The molecule has 1 N–H and O–H groups in total. The monoisotopic (exact) mass is 303 g/mol. The Morgan fingerprint density at radius 3 is 2.47 bits per heavy atom. The molecular formula is C12H17NO4S2. The van der Waals surface area contributed by atoms with E-state index >= 15 is 0 Å². The average molecular weight is 303 g/mol. The quantitative estimate of drug-likeness (QED) is 0.922. The molecule has 106 valence electrons. The van der Waals surface area contributed by atoms with Crippen molar-refractivity contribution >= 4 is 27.3 Å². The molecule has 2 atom stereocenters. The Kier molecular flexibility index (Phi) is 3.72. The summed E-state index contributed by atoms with van der Waals surface area (Å²) in [6, 6.07) is 1.66. The Hall–Kier alpha value is -0.920. The van der Waals surface area contributed by atoms with E-state index in [2.05, 4.69) is 0 Å². The standard InChI is InChI=1S/C12H17NO4S2/c1-7-5-13(6-10(7)12(14)15)19(16,17)11-4-8(2)18-9(11)3/h4,7,10H,5-6H2,1-3H3,(H,14,15)/t7-,10-/m1/s1. The SMILES string of the molecule is Cc1cc(S(=O)(=O)N2C[C@@H](C)[C@H](C(=O)O)C2)c(C)s1. The highest BCUT2D eigenvalue weighted by atomic mass is 32.2. The van der Waals surface area contributed by atoms with E-state index in [4.69, 9.17) is 5.11 Å². The first-order chi connectivity index (χ1) is 8.73. The number of hydrogen-bond acceptors (Lipinski definition) is 4. The van der Waals surface area contributed by atoms with Crippen LogP contribution >= 0.6 is 11.3 Å². The van der Waals surface area contributed by atoms with Gasteiger partial charge in [0.2, 0.25) is 10.0 Å². The first kappa shape index (κ1) is 14.5. The summed E-state index contributed by atoms with van der Waals surface area (Å²) in [5.74, 6) is -1.70. The molecule has 0 aromatic carbocycles. The summed E-state index contributed by atoms with van der Waals surface area (Å²) in [6.07, 6.45) is 0. The van der Waals surface area contributed by atoms with E-state index < -0.39 is 21.9 Å². The number of carboxylic acids is 1. The van der Waals surface area contributed by atoms with Gasteiger partial charge in [-0.3, -0.25) is 4.79 Å². The summed E-state index contributed by atoms with van der Waals surface area (Å²) < 4.78 is 26.3. The zero-order chi connectivity index (χ0) is 14.4. The third-order valence-corrected chi connectivity index (χ3v) is 6.56. The van der Waals surface area contributed by atoms with Crippen molar-refractivity contribution in [1.29, 1.82) is 0 Å². The third-order valence-electron chi connectivity index (χ3n) is 3.51. The molecule has 19 heavy (non-hydrogen) atoms. The average Bonchev–Trinajstić information content (AvgIpc) is 2.82. The number of aliphatic carboxylic acids is 1. The topological polar surface area (TPSA) is 74.7 Å². The van der Waals surface area contributed by atoms with Crippen molar-refractivity contribution in [3.05, 3.63) is 15.8 Å². The maximum absolute atomic E-state index is 12.5. The van der Waals surface area contributed by atoms with E-state index in [-0.39, 0.29) is 19.0 Å². The predicted octanol–water partition coefficient (Wildman–Crippen LogP) is 1.71. The molecule has 1 aliphatic heterocycles. The molecule has 0 aliphatic carbocycles. The predicted molar refractivity (Wildman–Crippen MR) is 72.8 cm³/mol. The second-order valence-electron chi connectivity index (χ2n) is 5.02. The number of carbonyl (C=O) groups is 1. The van der Waals surface area contributed by atoms with Gasteiger partial charge in [0, 0.05) is 22.8 Å². The number of aryl methyl sites for hydroxylation is 2. The Bertz CT molecular complexity index is 605. The smallest absolute Gasteiger partial charge is 0.308 e. The Morgan fingerprint density at radius 2 is 2.05 bits per heavy atom. The first-order valence-electron chi connectivity index (χ1n) is 6.03. The zero-order valence-corrected chi connectivity index (χ0v) is 12.7. The molecule has 0 spiro atoms. The molecule has 0 saturated carbocycles. The minimum absolute atomic E-state index is 0.0627. The van der Waals surface area contributed by atoms with Gasteiger partial charge in [0.15, 0.2) is 0 Å². The van der Waals surface area contributed by atoms with Crippen LogP contribution in [0.3, 0.4) is 0 Å². The van der Waals surface area contributed by atoms with Crippen LogP contribution in [-0.2, 0) is 14.8 Å². The fraction of sp³-hybridized carbons (Fsp3) is 0.583. The summed E-state index contributed by atoms with van der Waals surface area (Å²) in [5.41, 5.74) is 0. The maximum atomic E-state index is 12.5. The van der Waals surface area contributed by atoms with E-state index in [1.807, 2.05) is 6.92 Å². The van der Waals surface area contributed by atoms with Crippen LogP contribution in [0, 0.1) is 25.7 Å². The fourth-order valence-corrected chi connectivity index (χ4v) is 5.53. The van der Waals surface area contributed by atoms with Crippen molar-refractivity contribution in [2.75, 3.05) is 13.1 Å². The zero-order valence-electron chi connectivity index (χ0n) is 11.1. The van der Waals surface area contributed by atoms with Gasteiger partial charge < -0.3 is 5.11 Å². The molecule has 0 amide bonds. The molecule has 0 bridgehead atoms. The maximum Gasteiger partial charge on any atom is 0.308 e. The lowest BCUT2D eigenvalue weighted by Crippen LogP contribution is -2.30. The van der Waals surface area contributed by atoms with Gasteiger partial charge in [-0.2, -0.15) is 4.31 Å². The van der Waals surface area contributed by atoms with Crippen LogP contribution in [0.1, 0.15) is 16.7 Å². The van der Waals surface area contributed by atoms with Crippen LogP contribution in [0.25, 0.3) is 0 Å². The van der Waals surface area contributed by atoms with Gasteiger partial charge in [-0.05, 0) is 25.8 Å². The molecule has 1 aromatic heterocycles. The van der Waals surface area contributed by atoms with E-state index in [1.165, 1.54) is 15.6 Å². The Morgan fingerprint density at radius 1 is 1.42 bits per heavy atom. The van der Waals surface area contributed by atoms with Crippen molar-refractivity contribution in [1.82, 2.24) is 4.31 Å². The van der Waals surface area contributed by atoms with Crippen LogP contribution in [0.2, 0.25) is 0 Å². The van der Waals surface area contributed by atoms with Crippen molar-refractivity contribution in [2.45, 2.75) is 25.7 Å². The van der Waals surface area contributed by atoms with Gasteiger partial charge in [-0.15, -0.1) is 11.3 Å². The summed E-state index contributed by atoms with van der Waals surface area (Å²) in [6.45, 7) is 5.75. The molecule has 2 rings (SSSR count). The number of sulfonamides is 1. The second-order valence-corrected chi connectivity index (χ2v) is 8.39. The first-order valence-corrected chi connectivity index (χ1v) is 8.29. The van der Waals surface area contributed by atoms with Gasteiger partial charge in [-0.1, -0.05) is 6.92 Å². The highest BCUT2D eigenvalue weighted by Gasteiger charge is 2.41. The van der Waals surface area contributed by atoms with Crippen molar-refractivity contribution in [3.63, 3.8) is 0 Å². The van der Waals surface area contributed by atoms with E-state index in [9.17, 15) is 13.2 Å². The summed E-state index contributed by atoms with van der Waals surface area (Å²) >= 11 is 1.44. The van der Waals surface area contributed by atoms with Crippen LogP contribution in [0.4, 0.5) is 0 Å². The highest BCUT2D eigenvalue weighted by molar-refractivity contribution is 7.89. The summed E-state index contributed by atoms with van der Waals surface area (Å²) in [7, 11) is -3.57. The lowest BCUT2D eigenvalue weighted by molar-refractivity contribution is -0.142. The van der Waals surface area contributed by atoms with E-state index in [1.54, 1.807) is 19.9 Å².